The van der Waals surface area contributed by atoms with Gasteiger partial charge in [0, 0.05) is 16.0 Å². The van der Waals surface area contributed by atoms with E-state index < -0.39 is 11.9 Å². The normalized spacial score (nSPS) is 10.6. The number of aryl methyl sites for hydroxylation is 2. The number of carboxylic acids is 1. The van der Waals surface area contributed by atoms with E-state index in [2.05, 4.69) is 5.32 Å². The molecule has 0 radical (unpaired) electrons. The molecule has 0 saturated heterocycles. The molecule has 0 fully saturated rings. The largest absolute Gasteiger partial charge is 0.478 e. The second-order valence-electron chi connectivity index (χ2n) is 5.94. The monoisotopic (exact) mass is 385 g/mol. The van der Waals surface area contributed by atoms with Crippen LogP contribution >= 0.6 is 22.9 Å². The molecule has 0 aliphatic heterocycles. The van der Waals surface area contributed by atoms with E-state index in [4.69, 9.17) is 11.6 Å². The Morgan fingerprint density at radius 1 is 1.08 bits per heavy atom. The summed E-state index contributed by atoms with van der Waals surface area (Å²) in [6.45, 7) is 3.81. The molecule has 2 aromatic carbocycles. The van der Waals surface area contributed by atoms with Crippen LogP contribution in [0.5, 0.6) is 0 Å². The van der Waals surface area contributed by atoms with Crippen LogP contribution in [-0.2, 0) is 0 Å². The quantitative estimate of drug-likeness (QED) is 0.611. The fourth-order valence-electron chi connectivity index (χ4n) is 2.51. The van der Waals surface area contributed by atoms with Crippen LogP contribution in [0.1, 0.15) is 31.8 Å². The van der Waals surface area contributed by atoms with Crippen LogP contribution < -0.4 is 5.32 Å². The summed E-state index contributed by atoms with van der Waals surface area (Å²) in [5.41, 5.74) is 3.50. The molecule has 1 amide bonds. The minimum atomic E-state index is -1.08. The Balaban J connectivity index is 1.95. The standard InChI is InChI=1S/C20H16ClNO3S/c1-11-3-6-13(7-4-11)18-17(20(24)25)16(10-26-18)22-19(23)14-8-5-12(2)15(21)9-14/h3-10H,1-2H3,(H,22,23)(H,24,25). The van der Waals surface area contributed by atoms with E-state index in [1.807, 2.05) is 38.1 Å². The highest BCUT2D eigenvalue weighted by Gasteiger charge is 2.21. The SMILES string of the molecule is Cc1ccc(-c2scc(NC(=O)c3ccc(C)c(Cl)c3)c2C(=O)O)cc1. The third-order valence-corrected chi connectivity index (χ3v) is 5.44. The number of hydrogen-bond donors (Lipinski definition) is 2. The maximum absolute atomic E-state index is 12.5. The number of rotatable bonds is 4. The molecule has 26 heavy (non-hydrogen) atoms. The van der Waals surface area contributed by atoms with Gasteiger partial charge in [-0.2, -0.15) is 0 Å². The number of nitrogens with one attached hydrogen (secondary N) is 1. The zero-order valence-corrected chi connectivity index (χ0v) is 15.7. The van der Waals surface area contributed by atoms with E-state index in [0.717, 1.165) is 16.7 Å². The van der Waals surface area contributed by atoms with E-state index >= 15 is 0 Å². The molecule has 132 valence electrons. The Hall–Kier alpha value is -2.63. The van der Waals surface area contributed by atoms with Crippen LogP contribution in [0.3, 0.4) is 0 Å². The van der Waals surface area contributed by atoms with Gasteiger partial charge in [0.2, 0.25) is 0 Å². The van der Waals surface area contributed by atoms with Crippen LogP contribution in [0.25, 0.3) is 10.4 Å². The summed E-state index contributed by atoms with van der Waals surface area (Å²) in [6, 6.07) is 12.6. The molecule has 1 aromatic heterocycles. The molecule has 3 rings (SSSR count). The zero-order chi connectivity index (χ0) is 18.8. The van der Waals surface area contributed by atoms with E-state index in [0.29, 0.717) is 15.5 Å². The Labute approximate surface area is 160 Å². The molecule has 0 saturated carbocycles. The van der Waals surface area contributed by atoms with Crippen molar-refractivity contribution in [2.45, 2.75) is 13.8 Å². The Morgan fingerprint density at radius 2 is 1.77 bits per heavy atom. The average molecular weight is 386 g/mol. The predicted molar refractivity (Wildman–Crippen MR) is 106 cm³/mol. The van der Waals surface area contributed by atoms with Crippen LogP contribution in [0, 0.1) is 13.8 Å². The first-order valence-electron chi connectivity index (χ1n) is 7.86. The van der Waals surface area contributed by atoms with Crippen molar-refractivity contribution < 1.29 is 14.7 Å². The number of aromatic carboxylic acids is 1. The lowest BCUT2D eigenvalue weighted by Gasteiger charge is -2.07. The van der Waals surface area contributed by atoms with Gasteiger partial charge in [-0.25, -0.2) is 4.79 Å². The summed E-state index contributed by atoms with van der Waals surface area (Å²) in [4.78, 5) is 24.9. The number of hydrogen-bond acceptors (Lipinski definition) is 3. The molecule has 4 nitrogen and oxygen atoms in total. The summed E-state index contributed by atoms with van der Waals surface area (Å²) < 4.78 is 0. The number of thiophene rings is 1. The zero-order valence-electron chi connectivity index (χ0n) is 14.2. The van der Waals surface area contributed by atoms with E-state index in [-0.39, 0.29) is 11.3 Å². The smallest absolute Gasteiger partial charge is 0.339 e. The maximum atomic E-state index is 12.5. The van der Waals surface area contributed by atoms with Gasteiger partial charge in [0.1, 0.15) is 5.56 Å². The van der Waals surface area contributed by atoms with Gasteiger partial charge in [-0.05, 0) is 37.1 Å². The van der Waals surface area contributed by atoms with Gasteiger partial charge < -0.3 is 10.4 Å². The van der Waals surface area contributed by atoms with Gasteiger partial charge in [0.25, 0.3) is 5.91 Å². The maximum Gasteiger partial charge on any atom is 0.339 e. The van der Waals surface area contributed by atoms with Crippen molar-refractivity contribution in [1.29, 1.82) is 0 Å². The van der Waals surface area contributed by atoms with Crippen molar-refractivity contribution in [3.8, 4) is 10.4 Å². The molecular formula is C20H16ClNO3S. The number of carbonyl (C=O) groups is 2. The first kappa shape index (κ1) is 18.2. The molecule has 0 aliphatic rings. The lowest BCUT2D eigenvalue weighted by molar-refractivity contribution is 0.0699. The van der Waals surface area contributed by atoms with Gasteiger partial charge in [-0.1, -0.05) is 47.5 Å². The molecule has 1 heterocycles. The van der Waals surface area contributed by atoms with E-state index in [9.17, 15) is 14.7 Å². The molecule has 0 bridgehead atoms. The van der Waals surface area contributed by atoms with Crippen molar-refractivity contribution in [1.82, 2.24) is 0 Å². The topological polar surface area (TPSA) is 66.4 Å². The molecule has 0 aliphatic carbocycles. The molecular weight excluding hydrogens is 370 g/mol. The van der Waals surface area contributed by atoms with Crippen molar-refractivity contribution in [3.63, 3.8) is 0 Å². The third kappa shape index (κ3) is 3.64. The Kier molecular flexibility index (Phi) is 5.11. The minimum Gasteiger partial charge on any atom is -0.478 e. The van der Waals surface area contributed by atoms with Gasteiger partial charge in [0.15, 0.2) is 0 Å². The van der Waals surface area contributed by atoms with Crippen molar-refractivity contribution >= 4 is 40.5 Å². The number of benzene rings is 2. The Morgan fingerprint density at radius 3 is 2.38 bits per heavy atom. The number of anilines is 1. The van der Waals surface area contributed by atoms with Gasteiger partial charge >= 0.3 is 5.97 Å². The summed E-state index contributed by atoms with van der Waals surface area (Å²) in [7, 11) is 0. The molecule has 2 N–H and O–H groups in total. The summed E-state index contributed by atoms with van der Waals surface area (Å²) in [5.74, 6) is -1.48. The Bertz CT molecular complexity index is 993. The lowest BCUT2D eigenvalue weighted by atomic mass is 10.1. The van der Waals surface area contributed by atoms with Crippen molar-refractivity contribution in [2.24, 2.45) is 0 Å². The van der Waals surface area contributed by atoms with E-state index in [1.54, 1.807) is 23.6 Å². The number of amides is 1. The molecule has 0 unspecified atom stereocenters. The lowest BCUT2D eigenvalue weighted by Crippen LogP contribution is -2.14. The fraction of sp³-hybridized carbons (Fsp3) is 0.100. The van der Waals surface area contributed by atoms with Crippen molar-refractivity contribution in [3.05, 3.63) is 75.1 Å². The number of carbonyl (C=O) groups excluding carboxylic acids is 1. The van der Waals surface area contributed by atoms with Crippen LogP contribution in [0.2, 0.25) is 5.02 Å². The minimum absolute atomic E-state index is 0.0883. The third-order valence-electron chi connectivity index (χ3n) is 4.00. The van der Waals surface area contributed by atoms with E-state index in [1.165, 1.54) is 11.3 Å². The highest BCUT2D eigenvalue weighted by atomic mass is 35.5. The van der Waals surface area contributed by atoms with Gasteiger partial charge in [-0.3, -0.25) is 4.79 Å². The average Bonchev–Trinajstić information content (AvgIpc) is 3.01. The first-order valence-corrected chi connectivity index (χ1v) is 9.12. The highest BCUT2D eigenvalue weighted by Crippen LogP contribution is 2.36. The van der Waals surface area contributed by atoms with Gasteiger partial charge in [0.05, 0.1) is 10.6 Å². The highest BCUT2D eigenvalue weighted by molar-refractivity contribution is 7.14. The molecule has 0 atom stereocenters. The van der Waals surface area contributed by atoms with Crippen molar-refractivity contribution in [2.75, 3.05) is 5.32 Å². The van der Waals surface area contributed by atoms with Crippen LogP contribution in [-0.4, -0.2) is 17.0 Å². The second kappa shape index (κ2) is 7.32. The summed E-state index contributed by atoms with van der Waals surface area (Å²) in [6.07, 6.45) is 0. The van der Waals surface area contributed by atoms with Crippen LogP contribution in [0.4, 0.5) is 5.69 Å². The number of halogens is 1. The predicted octanol–water partition coefficient (Wildman–Crippen LogP) is 5.64. The fourth-order valence-corrected chi connectivity index (χ4v) is 3.69. The molecule has 3 aromatic rings. The van der Waals surface area contributed by atoms with Crippen LogP contribution in [0.15, 0.2) is 47.8 Å². The summed E-state index contributed by atoms with van der Waals surface area (Å²) in [5, 5.41) is 14.5. The molecule has 0 spiro atoms. The van der Waals surface area contributed by atoms with Gasteiger partial charge in [-0.15, -0.1) is 11.3 Å². The second-order valence-corrected chi connectivity index (χ2v) is 7.23. The first-order chi connectivity index (χ1) is 12.4. The molecule has 6 heteroatoms. The number of carboxylic acid groups (broad SMARTS) is 1. The summed E-state index contributed by atoms with van der Waals surface area (Å²) >= 11 is 7.35.